The van der Waals surface area contributed by atoms with Crippen molar-refractivity contribution in [1.82, 2.24) is 15.0 Å². The van der Waals surface area contributed by atoms with E-state index in [0.29, 0.717) is 53.7 Å². The normalized spacial score (nSPS) is 10.6. The zero-order valence-electron chi connectivity index (χ0n) is 16.2. The topological polar surface area (TPSA) is 115 Å². The Morgan fingerprint density at radius 2 is 1.44 bits per heavy atom. The Kier molecular flexibility index (Phi) is 7.41. The van der Waals surface area contributed by atoms with Crippen LogP contribution in [0.2, 0.25) is 0 Å². The van der Waals surface area contributed by atoms with Crippen LogP contribution >= 0.6 is 0 Å². The van der Waals surface area contributed by atoms with Crippen molar-refractivity contribution in [3.05, 3.63) is 17.7 Å². The van der Waals surface area contributed by atoms with Crippen LogP contribution in [0.3, 0.4) is 0 Å². The fraction of sp³-hybridized carbons (Fsp3) is 0.412. The van der Waals surface area contributed by atoms with E-state index in [1.807, 2.05) is 19.9 Å². The average molecular weight is 375 g/mol. The van der Waals surface area contributed by atoms with E-state index in [1.54, 1.807) is 33.6 Å². The molecule has 3 N–H and O–H groups in total. The number of hydrogen-bond donors (Lipinski definition) is 3. The second-order valence-corrected chi connectivity index (χ2v) is 5.16. The molecule has 0 unspecified atom stereocenters. The minimum atomic E-state index is 0.313. The SMILES string of the molecule is CCNc1nc(NCC)nc(NN=Cc2ccc(OC)c(OC)c2OC)n1. The molecule has 10 nitrogen and oxygen atoms in total. The lowest BCUT2D eigenvalue weighted by atomic mass is 10.2. The molecule has 0 aliphatic heterocycles. The van der Waals surface area contributed by atoms with E-state index in [1.165, 1.54) is 0 Å². The van der Waals surface area contributed by atoms with E-state index in [2.05, 4.69) is 36.1 Å². The van der Waals surface area contributed by atoms with E-state index < -0.39 is 0 Å². The van der Waals surface area contributed by atoms with Crippen LogP contribution in [0.1, 0.15) is 19.4 Å². The van der Waals surface area contributed by atoms with Gasteiger partial charge in [-0.1, -0.05) is 0 Å². The fourth-order valence-corrected chi connectivity index (χ4v) is 2.29. The number of ether oxygens (including phenoxy) is 3. The summed E-state index contributed by atoms with van der Waals surface area (Å²) in [5.41, 5.74) is 3.51. The summed E-state index contributed by atoms with van der Waals surface area (Å²) in [7, 11) is 4.67. The highest BCUT2D eigenvalue weighted by molar-refractivity contribution is 5.86. The number of nitrogens with one attached hydrogen (secondary N) is 3. The van der Waals surface area contributed by atoms with Gasteiger partial charge in [0.15, 0.2) is 11.5 Å². The Balaban J connectivity index is 2.24. The predicted octanol–water partition coefficient (Wildman–Crippen LogP) is 2.21. The summed E-state index contributed by atoms with van der Waals surface area (Å²) >= 11 is 0. The molecule has 1 aromatic carbocycles. The number of aromatic nitrogens is 3. The van der Waals surface area contributed by atoms with Crippen molar-refractivity contribution in [1.29, 1.82) is 0 Å². The van der Waals surface area contributed by atoms with Gasteiger partial charge < -0.3 is 24.8 Å². The lowest BCUT2D eigenvalue weighted by Crippen LogP contribution is -2.10. The van der Waals surface area contributed by atoms with Gasteiger partial charge in [0.25, 0.3) is 0 Å². The molecule has 0 atom stereocenters. The van der Waals surface area contributed by atoms with Crippen LogP contribution < -0.4 is 30.3 Å². The van der Waals surface area contributed by atoms with Crippen LogP contribution in [0, 0.1) is 0 Å². The molecule has 0 bridgehead atoms. The van der Waals surface area contributed by atoms with Crippen LogP contribution in [0.25, 0.3) is 0 Å². The molecule has 0 spiro atoms. The molecule has 1 heterocycles. The average Bonchev–Trinajstić information content (AvgIpc) is 2.67. The van der Waals surface area contributed by atoms with Crippen molar-refractivity contribution in [2.24, 2.45) is 5.10 Å². The van der Waals surface area contributed by atoms with Crippen molar-refractivity contribution in [3.63, 3.8) is 0 Å². The maximum atomic E-state index is 5.43. The van der Waals surface area contributed by atoms with Gasteiger partial charge in [-0.15, -0.1) is 0 Å². The molecule has 2 rings (SSSR count). The molecule has 0 saturated heterocycles. The van der Waals surface area contributed by atoms with Crippen molar-refractivity contribution in [2.45, 2.75) is 13.8 Å². The molecule has 0 aliphatic rings. The van der Waals surface area contributed by atoms with Crippen molar-refractivity contribution < 1.29 is 14.2 Å². The second kappa shape index (κ2) is 10.00. The molecule has 27 heavy (non-hydrogen) atoms. The first-order valence-corrected chi connectivity index (χ1v) is 8.48. The highest BCUT2D eigenvalue weighted by Gasteiger charge is 2.14. The minimum Gasteiger partial charge on any atom is -0.493 e. The molecule has 146 valence electrons. The summed E-state index contributed by atoms with van der Waals surface area (Å²) in [4.78, 5) is 12.8. The van der Waals surface area contributed by atoms with Crippen molar-refractivity contribution >= 4 is 24.1 Å². The first kappa shape index (κ1) is 20.0. The van der Waals surface area contributed by atoms with Gasteiger partial charge in [-0.05, 0) is 26.0 Å². The van der Waals surface area contributed by atoms with Crippen LogP contribution in [-0.4, -0.2) is 55.6 Å². The van der Waals surface area contributed by atoms with Crippen LogP contribution in [0.4, 0.5) is 17.8 Å². The summed E-state index contributed by atoms with van der Waals surface area (Å²) in [5, 5.41) is 10.3. The number of rotatable bonds is 10. The van der Waals surface area contributed by atoms with Gasteiger partial charge in [-0.2, -0.15) is 20.1 Å². The number of anilines is 3. The molecule has 10 heteroatoms. The number of hydrogen-bond acceptors (Lipinski definition) is 10. The molecule has 0 radical (unpaired) electrons. The largest absolute Gasteiger partial charge is 0.493 e. The molecule has 0 aliphatic carbocycles. The number of nitrogens with zero attached hydrogens (tertiary/aromatic N) is 4. The van der Waals surface area contributed by atoms with Crippen LogP contribution in [0.5, 0.6) is 17.2 Å². The molecule has 0 amide bonds. The Morgan fingerprint density at radius 3 is 1.96 bits per heavy atom. The molecule has 2 aromatic rings. The van der Waals surface area contributed by atoms with Crippen molar-refractivity contribution in [2.75, 3.05) is 50.5 Å². The smallest absolute Gasteiger partial charge is 0.250 e. The minimum absolute atomic E-state index is 0.313. The molecule has 1 aromatic heterocycles. The highest BCUT2D eigenvalue weighted by atomic mass is 16.5. The Labute approximate surface area is 158 Å². The monoisotopic (exact) mass is 375 g/mol. The standard InChI is InChI=1S/C17H25N7O3/c1-6-18-15-21-16(19-7-2)23-17(22-15)24-20-10-11-8-9-12(25-3)14(27-5)13(11)26-4/h8-10H,6-7H2,1-5H3,(H3,18,19,21,22,23,24). The lowest BCUT2D eigenvalue weighted by molar-refractivity contribution is 0.324. The van der Waals surface area contributed by atoms with E-state index in [4.69, 9.17) is 14.2 Å². The first-order chi connectivity index (χ1) is 13.2. The molecular formula is C17H25N7O3. The summed E-state index contributed by atoms with van der Waals surface area (Å²) in [5.74, 6) is 2.82. The third-order valence-electron chi connectivity index (χ3n) is 3.41. The molecule has 0 saturated carbocycles. The van der Waals surface area contributed by atoms with Gasteiger partial charge in [0.2, 0.25) is 23.6 Å². The summed E-state index contributed by atoms with van der Waals surface area (Å²) in [6.45, 7) is 5.32. The van der Waals surface area contributed by atoms with Crippen LogP contribution in [0.15, 0.2) is 17.2 Å². The quantitative estimate of drug-likeness (QED) is 0.424. The summed E-state index contributed by atoms with van der Waals surface area (Å²) in [6, 6.07) is 3.59. The van der Waals surface area contributed by atoms with Gasteiger partial charge in [-0.25, -0.2) is 5.43 Å². The maximum absolute atomic E-state index is 5.43. The Hall–Kier alpha value is -3.30. The van der Waals surface area contributed by atoms with Gasteiger partial charge in [-0.3, -0.25) is 0 Å². The summed E-state index contributed by atoms with van der Waals surface area (Å²) in [6.07, 6.45) is 1.59. The van der Waals surface area contributed by atoms with E-state index >= 15 is 0 Å². The zero-order valence-corrected chi connectivity index (χ0v) is 16.2. The Bertz CT molecular complexity index is 759. The predicted molar refractivity (Wildman–Crippen MR) is 105 cm³/mol. The van der Waals surface area contributed by atoms with Gasteiger partial charge >= 0.3 is 0 Å². The number of benzene rings is 1. The maximum Gasteiger partial charge on any atom is 0.250 e. The van der Waals surface area contributed by atoms with E-state index in [9.17, 15) is 0 Å². The summed E-state index contributed by atoms with van der Waals surface area (Å²) < 4.78 is 16.1. The third kappa shape index (κ3) is 5.09. The zero-order chi connectivity index (χ0) is 19.6. The van der Waals surface area contributed by atoms with Crippen molar-refractivity contribution in [3.8, 4) is 17.2 Å². The fourth-order valence-electron chi connectivity index (χ4n) is 2.29. The Morgan fingerprint density at radius 1 is 0.852 bits per heavy atom. The molecule has 0 fully saturated rings. The third-order valence-corrected chi connectivity index (χ3v) is 3.41. The molecular weight excluding hydrogens is 350 g/mol. The number of hydrazone groups is 1. The highest BCUT2D eigenvalue weighted by Crippen LogP contribution is 2.38. The van der Waals surface area contributed by atoms with E-state index in [-0.39, 0.29) is 0 Å². The van der Waals surface area contributed by atoms with Gasteiger partial charge in [0.1, 0.15) is 0 Å². The van der Waals surface area contributed by atoms with E-state index in [0.717, 1.165) is 0 Å². The number of methoxy groups -OCH3 is 3. The lowest BCUT2D eigenvalue weighted by Gasteiger charge is -2.13. The van der Waals surface area contributed by atoms with Gasteiger partial charge in [0.05, 0.1) is 27.5 Å². The van der Waals surface area contributed by atoms with Gasteiger partial charge in [0, 0.05) is 18.7 Å². The second-order valence-electron chi connectivity index (χ2n) is 5.16. The first-order valence-electron chi connectivity index (χ1n) is 8.48. The van der Waals surface area contributed by atoms with Crippen LogP contribution in [-0.2, 0) is 0 Å².